The van der Waals surface area contributed by atoms with E-state index >= 15 is 0 Å². The third-order valence-corrected chi connectivity index (χ3v) is 4.00. The van der Waals surface area contributed by atoms with E-state index in [1.54, 1.807) is 11.1 Å². The minimum absolute atomic E-state index is 0.475. The third kappa shape index (κ3) is 1.56. The van der Waals surface area contributed by atoms with E-state index in [1.165, 1.54) is 32.1 Å². The average Bonchev–Trinajstić information content (AvgIpc) is 3.11. The normalized spacial score (nSPS) is 46.1. The van der Waals surface area contributed by atoms with Crippen molar-refractivity contribution in [2.45, 2.75) is 56.5 Å². The Balaban J connectivity index is 1.46. The van der Waals surface area contributed by atoms with Crippen molar-refractivity contribution >= 4 is 0 Å². The first-order valence-electron chi connectivity index (χ1n) is 6.08. The van der Waals surface area contributed by atoms with Crippen LogP contribution in [0.4, 0.5) is 0 Å². The third-order valence-electron chi connectivity index (χ3n) is 4.00. The van der Waals surface area contributed by atoms with E-state index < -0.39 is 0 Å². The lowest BCUT2D eigenvalue weighted by molar-refractivity contribution is 0.384. The Kier molecular flexibility index (Phi) is 1.68. The number of ether oxygens (including phenoxy) is 2. The zero-order valence-electron chi connectivity index (χ0n) is 8.82. The van der Waals surface area contributed by atoms with E-state index in [1.807, 2.05) is 0 Å². The van der Waals surface area contributed by atoms with Gasteiger partial charge in [-0.1, -0.05) is 23.3 Å². The Hall–Kier alpha value is -0.600. The standard InChI is InChI=1S/C13H16O2/c1-3-10-12(14-10)6-8(1)5-9-2-4-11-13(7-9)15-11/h6-7,10-13H,1-5H2. The van der Waals surface area contributed by atoms with E-state index in [0.29, 0.717) is 24.4 Å². The van der Waals surface area contributed by atoms with Gasteiger partial charge in [0, 0.05) is 0 Å². The molecule has 0 N–H and O–H groups in total. The molecule has 0 spiro atoms. The van der Waals surface area contributed by atoms with Crippen LogP contribution in [0.15, 0.2) is 23.3 Å². The summed E-state index contributed by atoms with van der Waals surface area (Å²) in [7, 11) is 0. The van der Waals surface area contributed by atoms with Crippen molar-refractivity contribution in [3.8, 4) is 0 Å². The largest absolute Gasteiger partial charge is 0.365 e. The fourth-order valence-electron chi connectivity index (χ4n) is 2.94. The van der Waals surface area contributed by atoms with Gasteiger partial charge < -0.3 is 9.47 Å². The molecule has 4 unspecified atom stereocenters. The molecule has 2 saturated heterocycles. The quantitative estimate of drug-likeness (QED) is 0.509. The minimum Gasteiger partial charge on any atom is -0.365 e. The predicted molar refractivity (Wildman–Crippen MR) is 56.6 cm³/mol. The van der Waals surface area contributed by atoms with E-state index in [2.05, 4.69) is 12.2 Å². The molecule has 2 heteroatoms. The molecule has 2 aliphatic heterocycles. The van der Waals surface area contributed by atoms with Crippen molar-refractivity contribution in [3.63, 3.8) is 0 Å². The van der Waals surface area contributed by atoms with Gasteiger partial charge in [0.15, 0.2) is 0 Å². The van der Waals surface area contributed by atoms with Gasteiger partial charge in [-0.2, -0.15) is 0 Å². The molecule has 80 valence electrons. The van der Waals surface area contributed by atoms with Crippen LogP contribution in [0, 0.1) is 0 Å². The highest BCUT2D eigenvalue weighted by Gasteiger charge is 2.41. The molecule has 2 fully saturated rings. The number of hydrogen-bond acceptors (Lipinski definition) is 2. The van der Waals surface area contributed by atoms with E-state index in [-0.39, 0.29) is 0 Å². The van der Waals surface area contributed by atoms with Crippen LogP contribution in [0.25, 0.3) is 0 Å². The monoisotopic (exact) mass is 204 g/mol. The molecule has 0 amide bonds. The van der Waals surface area contributed by atoms with Gasteiger partial charge in [-0.3, -0.25) is 0 Å². The molecule has 2 nitrogen and oxygen atoms in total. The second kappa shape index (κ2) is 2.96. The van der Waals surface area contributed by atoms with Crippen LogP contribution in [0.2, 0.25) is 0 Å². The van der Waals surface area contributed by atoms with Gasteiger partial charge in [0.25, 0.3) is 0 Å². The molecular weight excluding hydrogens is 188 g/mol. The van der Waals surface area contributed by atoms with Gasteiger partial charge in [-0.15, -0.1) is 0 Å². The SMILES string of the molecule is C1=C(CC2=CC3OC3CC2)CCC2OC12. The molecule has 4 rings (SSSR count). The molecule has 0 saturated carbocycles. The maximum absolute atomic E-state index is 5.51. The lowest BCUT2D eigenvalue weighted by Crippen LogP contribution is -2.05. The van der Waals surface area contributed by atoms with Crippen LogP contribution in [0.1, 0.15) is 32.1 Å². The van der Waals surface area contributed by atoms with Crippen LogP contribution in [-0.4, -0.2) is 24.4 Å². The zero-order valence-corrected chi connectivity index (χ0v) is 8.82. The summed E-state index contributed by atoms with van der Waals surface area (Å²) in [6, 6.07) is 0. The molecule has 0 aromatic carbocycles. The molecule has 15 heavy (non-hydrogen) atoms. The first kappa shape index (κ1) is 8.54. The summed E-state index contributed by atoms with van der Waals surface area (Å²) in [6.07, 6.45) is 13.0. The molecule has 4 aliphatic rings. The lowest BCUT2D eigenvalue weighted by atomic mass is 9.89. The first-order valence-corrected chi connectivity index (χ1v) is 6.08. The number of epoxide rings is 2. The summed E-state index contributed by atoms with van der Waals surface area (Å²) < 4.78 is 11.0. The molecule has 2 aliphatic carbocycles. The number of allylic oxidation sites excluding steroid dienone is 2. The molecule has 0 bridgehead atoms. The summed E-state index contributed by atoms with van der Waals surface area (Å²) in [5.74, 6) is 0. The lowest BCUT2D eigenvalue weighted by Gasteiger charge is -2.14. The molecule has 0 aromatic rings. The summed E-state index contributed by atoms with van der Waals surface area (Å²) in [4.78, 5) is 0. The first-order chi connectivity index (χ1) is 7.38. The predicted octanol–water partition coefficient (Wildman–Crippen LogP) is 2.35. The highest BCUT2D eigenvalue weighted by atomic mass is 16.6. The van der Waals surface area contributed by atoms with Crippen LogP contribution in [0.5, 0.6) is 0 Å². The Labute approximate surface area is 89.9 Å². The summed E-state index contributed by atoms with van der Waals surface area (Å²) in [6.45, 7) is 0. The van der Waals surface area contributed by atoms with Crippen molar-refractivity contribution in [2.24, 2.45) is 0 Å². The van der Waals surface area contributed by atoms with Crippen molar-refractivity contribution < 1.29 is 9.47 Å². The molecule has 2 heterocycles. The average molecular weight is 204 g/mol. The highest BCUT2D eigenvalue weighted by molar-refractivity contribution is 5.26. The zero-order chi connectivity index (χ0) is 9.83. The van der Waals surface area contributed by atoms with Gasteiger partial charge in [0.05, 0.1) is 12.2 Å². The maximum atomic E-state index is 5.51. The topological polar surface area (TPSA) is 25.1 Å². The smallest absolute Gasteiger partial charge is 0.103 e. The molecular formula is C13H16O2. The summed E-state index contributed by atoms with van der Waals surface area (Å²) >= 11 is 0. The fraction of sp³-hybridized carbons (Fsp3) is 0.692. The van der Waals surface area contributed by atoms with Crippen molar-refractivity contribution in [1.82, 2.24) is 0 Å². The van der Waals surface area contributed by atoms with E-state index in [0.717, 1.165) is 0 Å². The van der Waals surface area contributed by atoms with Crippen LogP contribution >= 0.6 is 0 Å². The fourth-order valence-corrected chi connectivity index (χ4v) is 2.94. The number of fused-ring (bicyclic) bond motifs is 2. The number of rotatable bonds is 2. The van der Waals surface area contributed by atoms with Gasteiger partial charge in [-0.05, 0) is 32.1 Å². The van der Waals surface area contributed by atoms with Crippen LogP contribution < -0.4 is 0 Å². The second-order valence-electron chi connectivity index (χ2n) is 5.18. The minimum atomic E-state index is 0.475. The van der Waals surface area contributed by atoms with Gasteiger partial charge in [0.1, 0.15) is 12.2 Å². The number of hydrogen-bond donors (Lipinski definition) is 0. The van der Waals surface area contributed by atoms with E-state index in [9.17, 15) is 0 Å². The van der Waals surface area contributed by atoms with Crippen molar-refractivity contribution in [1.29, 1.82) is 0 Å². The van der Waals surface area contributed by atoms with Crippen molar-refractivity contribution in [3.05, 3.63) is 23.3 Å². The Morgan fingerprint density at radius 2 is 1.47 bits per heavy atom. The highest BCUT2D eigenvalue weighted by Crippen LogP contribution is 2.40. The Morgan fingerprint density at radius 1 is 0.933 bits per heavy atom. The van der Waals surface area contributed by atoms with E-state index in [4.69, 9.17) is 9.47 Å². The molecule has 0 radical (unpaired) electrons. The Morgan fingerprint density at radius 3 is 1.93 bits per heavy atom. The summed E-state index contributed by atoms with van der Waals surface area (Å²) in [5, 5.41) is 0. The van der Waals surface area contributed by atoms with Crippen LogP contribution in [-0.2, 0) is 9.47 Å². The van der Waals surface area contributed by atoms with Gasteiger partial charge in [0.2, 0.25) is 0 Å². The summed E-state index contributed by atoms with van der Waals surface area (Å²) in [5.41, 5.74) is 3.19. The molecule has 0 aromatic heterocycles. The second-order valence-corrected chi connectivity index (χ2v) is 5.18. The Bertz CT molecular complexity index is 322. The van der Waals surface area contributed by atoms with Gasteiger partial charge >= 0.3 is 0 Å². The van der Waals surface area contributed by atoms with Crippen molar-refractivity contribution in [2.75, 3.05) is 0 Å². The molecule has 4 atom stereocenters. The van der Waals surface area contributed by atoms with Crippen LogP contribution in [0.3, 0.4) is 0 Å². The van der Waals surface area contributed by atoms with Gasteiger partial charge in [-0.25, -0.2) is 0 Å². The maximum Gasteiger partial charge on any atom is 0.103 e.